The molecule has 0 saturated carbocycles. The highest BCUT2D eigenvalue weighted by atomic mass is 35.5. The lowest BCUT2D eigenvalue weighted by atomic mass is 9.99. The van der Waals surface area contributed by atoms with Gasteiger partial charge in [-0.1, -0.05) is 18.5 Å². The molecule has 1 unspecified atom stereocenters. The van der Waals surface area contributed by atoms with Gasteiger partial charge in [0.15, 0.2) is 0 Å². The van der Waals surface area contributed by atoms with Crippen molar-refractivity contribution < 1.29 is 19.8 Å². The molecule has 0 fully saturated rings. The molecule has 0 aromatic heterocycles. The number of benzene rings is 1. The lowest BCUT2D eigenvalue weighted by Gasteiger charge is -2.15. The van der Waals surface area contributed by atoms with Crippen molar-refractivity contribution in [1.29, 1.82) is 0 Å². The molecule has 1 rings (SSSR count). The molecule has 1 amide bonds. The normalized spacial score (nSPS) is 11.9. The number of hydrogen-bond donors (Lipinski definition) is 3. The highest BCUT2D eigenvalue weighted by Gasteiger charge is 2.19. The second-order valence-corrected chi connectivity index (χ2v) is 4.45. The molecule has 0 spiro atoms. The fourth-order valence-corrected chi connectivity index (χ4v) is 1.75. The van der Waals surface area contributed by atoms with E-state index in [-0.39, 0.29) is 23.8 Å². The van der Waals surface area contributed by atoms with Gasteiger partial charge in [0.2, 0.25) is 5.91 Å². The van der Waals surface area contributed by atoms with Gasteiger partial charge in [-0.25, -0.2) is 0 Å². The summed E-state index contributed by atoms with van der Waals surface area (Å²) in [6, 6.07) is 2.81. The van der Waals surface area contributed by atoms with Crippen molar-refractivity contribution in [2.24, 2.45) is 5.92 Å². The van der Waals surface area contributed by atoms with Crippen LogP contribution in [0.5, 0.6) is 5.75 Å². The van der Waals surface area contributed by atoms with Gasteiger partial charge >= 0.3 is 5.97 Å². The van der Waals surface area contributed by atoms with Crippen LogP contribution in [-0.2, 0) is 16.0 Å². The second-order valence-electron chi connectivity index (χ2n) is 4.04. The number of nitrogens with one attached hydrogen (secondary N) is 1. The molecule has 0 aliphatic heterocycles. The van der Waals surface area contributed by atoms with Gasteiger partial charge in [0.25, 0.3) is 0 Å². The van der Waals surface area contributed by atoms with Gasteiger partial charge in [0.1, 0.15) is 5.75 Å². The molecule has 5 nitrogen and oxygen atoms in total. The summed E-state index contributed by atoms with van der Waals surface area (Å²) in [5.74, 6) is -2.14. The van der Waals surface area contributed by atoms with E-state index in [0.717, 1.165) is 0 Å². The highest BCUT2D eigenvalue weighted by Crippen LogP contribution is 2.34. The molecule has 1 aromatic rings. The van der Waals surface area contributed by atoms with Crippen LogP contribution in [0.2, 0.25) is 5.02 Å². The topological polar surface area (TPSA) is 86.6 Å². The monoisotopic (exact) mass is 271 g/mol. The van der Waals surface area contributed by atoms with E-state index >= 15 is 0 Å². The van der Waals surface area contributed by atoms with Gasteiger partial charge in [0.05, 0.1) is 11.6 Å². The van der Waals surface area contributed by atoms with Crippen LogP contribution < -0.4 is 5.32 Å². The Labute approximate surface area is 109 Å². The predicted octanol–water partition coefficient (Wildman–Crippen LogP) is 2.27. The summed E-state index contributed by atoms with van der Waals surface area (Å²) < 4.78 is 0. The standard InChI is InChI=1S/C12H14ClNO4/c1-6(12(17)18)5-8-9(13)3-4-10(16)11(8)14-7(2)15/h3-4,6,16H,5H2,1-2H3,(H,14,15)(H,17,18). The Kier molecular flexibility index (Phi) is 4.55. The van der Waals surface area contributed by atoms with Crippen LogP contribution in [0.4, 0.5) is 5.69 Å². The van der Waals surface area contributed by atoms with Crippen molar-refractivity contribution in [1.82, 2.24) is 0 Å². The van der Waals surface area contributed by atoms with Crippen molar-refractivity contribution in [3.8, 4) is 5.75 Å². The van der Waals surface area contributed by atoms with E-state index in [1.807, 2.05) is 0 Å². The van der Waals surface area contributed by atoms with Crippen molar-refractivity contribution in [2.75, 3.05) is 5.32 Å². The van der Waals surface area contributed by atoms with E-state index in [0.29, 0.717) is 10.6 Å². The Hall–Kier alpha value is -1.75. The zero-order valence-corrected chi connectivity index (χ0v) is 10.8. The van der Waals surface area contributed by atoms with Gasteiger partial charge in [-0.05, 0) is 24.1 Å². The summed E-state index contributed by atoms with van der Waals surface area (Å²) in [7, 11) is 0. The zero-order chi connectivity index (χ0) is 13.9. The summed E-state index contributed by atoms with van der Waals surface area (Å²) >= 11 is 5.98. The molecule has 0 bridgehead atoms. The number of aliphatic carboxylic acids is 1. The van der Waals surface area contributed by atoms with Crippen molar-refractivity contribution in [3.05, 3.63) is 22.7 Å². The third-order valence-corrected chi connectivity index (χ3v) is 2.82. The van der Waals surface area contributed by atoms with Crippen LogP contribution in [0, 0.1) is 5.92 Å². The first-order chi connectivity index (χ1) is 8.32. The number of phenolic OH excluding ortho intramolecular Hbond substituents is 1. The molecule has 1 aromatic carbocycles. The number of halogens is 1. The first-order valence-corrected chi connectivity index (χ1v) is 5.71. The molecule has 3 N–H and O–H groups in total. The average molecular weight is 272 g/mol. The number of anilines is 1. The highest BCUT2D eigenvalue weighted by molar-refractivity contribution is 6.32. The van der Waals surface area contributed by atoms with Gasteiger partial charge < -0.3 is 15.5 Å². The Morgan fingerprint density at radius 1 is 1.44 bits per heavy atom. The van der Waals surface area contributed by atoms with E-state index in [1.54, 1.807) is 0 Å². The molecule has 18 heavy (non-hydrogen) atoms. The van der Waals surface area contributed by atoms with E-state index < -0.39 is 11.9 Å². The number of phenols is 1. The lowest BCUT2D eigenvalue weighted by Crippen LogP contribution is -2.15. The first kappa shape index (κ1) is 14.3. The van der Waals surface area contributed by atoms with Crippen molar-refractivity contribution in [2.45, 2.75) is 20.3 Å². The maximum absolute atomic E-state index is 11.1. The van der Waals surface area contributed by atoms with Gasteiger partial charge in [-0.3, -0.25) is 9.59 Å². The quantitative estimate of drug-likeness (QED) is 0.733. The van der Waals surface area contributed by atoms with E-state index in [9.17, 15) is 14.7 Å². The Morgan fingerprint density at radius 3 is 2.56 bits per heavy atom. The van der Waals surface area contributed by atoms with Crippen LogP contribution in [-0.4, -0.2) is 22.1 Å². The maximum atomic E-state index is 11.1. The average Bonchev–Trinajstić information content (AvgIpc) is 2.27. The van der Waals surface area contributed by atoms with Crippen LogP contribution in [0.15, 0.2) is 12.1 Å². The van der Waals surface area contributed by atoms with E-state index in [4.69, 9.17) is 16.7 Å². The first-order valence-electron chi connectivity index (χ1n) is 5.33. The second kappa shape index (κ2) is 5.73. The number of aromatic hydroxyl groups is 1. The smallest absolute Gasteiger partial charge is 0.306 e. The van der Waals surface area contributed by atoms with Crippen molar-refractivity contribution in [3.63, 3.8) is 0 Å². The number of carbonyl (C=O) groups is 2. The number of carboxylic acid groups (broad SMARTS) is 1. The Balaban J connectivity index is 3.18. The molecule has 0 aliphatic rings. The van der Waals surface area contributed by atoms with Gasteiger partial charge in [0, 0.05) is 11.9 Å². The van der Waals surface area contributed by atoms with Crippen LogP contribution in [0.25, 0.3) is 0 Å². The molecule has 1 atom stereocenters. The molecule has 0 aliphatic carbocycles. The van der Waals surface area contributed by atoms with E-state index in [1.165, 1.54) is 26.0 Å². The SMILES string of the molecule is CC(=O)Nc1c(O)ccc(Cl)c1CC(C)C(=O)O. The third kappa shape index (κ3) is 3.37. The Morgan fingerprint density at radius 2 is 2.06 bits per heavy atom. The largest absolute Gasteiger partial charge is 0.506 e. The van der Waals surface area contributed by atoms with E-state index in [2.05, 4.69) is 5.32 Å². The zero-order valence-electron chi connectivity index (χ0n) is 10.0. The number of amides is 1. The van der Waals surface area contributed by atoms with Crippen molar-refractivity contribution >= 4 is 29.2 Å². The molecule has 0 heterocycles. The molecular formula is C12H14ClNO4. The summed E-state index contributed by atoms with van der Waals surface area (Å²) in [6.45, 7) is 2.82. The maximum Gasteiger partial charge on any atom is 0.306 e. The number of hydrogen-bond acceptors (Lipinski definition) is 3. The number of rotatable bonds is 4. The molecule has 6 heteroatoms. The molecule has 0 saturated heterocycles. The molecule has 98 valence electrons. The summed E-state index contributed by atoms with van der Waals surface area (Å²) in [4.78, 5) is 21.9. The van der Waals surface area contributed by atoms with Gasteiger partial charge in [-0.2, -0.15) is 0 Å². The third-order valence-electron chi connectivity index (χ3n) is 2.47. The van der Waals surface area contributed by atoms with Crippen LogP contribution in [0.3, 0.4) is 0 Å². The number of carbonyl (C=O) groups excluding carboxylic acids is 1. The molecular weight excluding hydrogens is 258 g/mol. The fourth-order valence-electron chi connectivity index (χ4n) is 1.52. The fraction of sp³-hybridized carbons (Fsp3) is 0.333. The summed E-state index contributed by atoms with van der Waals surface area (Å²) in [5, 5.41) is 21.3. The van der Waals surface area contributed by atoms with Crippen LogP contribution >= 0.6 is 11.6 Å². The number of carboxylic acids is 1. The Bertz CT molecular complexity index is 487. The van der Waals surface area contributed by atoms with Crippen LogP contribution in [0.1, 0.15) is 19.4 Å². The minimum atomic E-state index is -0.969. The minimum Gasteiger partial charge on any atom is -0.506 e. The summed E-state index contributed by atoms with van der Waals surface area (Å²) in [6.07, 6.45) is 0.123. The molecule has 0 radical (unpaired) electrons. The van der Waals surface area contributed by atoms with Gasteiger partial charge in [-0.15, -0.1) is 0 Å². The predicted molar refractivity (Wildman–Crippen MR) is 67.9 cm³/mol. The summed E-state index contributed by atoms with van der Waals surface area (Å²) in [5.41, 5.74) is 0.588. The lowest BCUT2D eigenvalue weighted by molar-refractivity contribution is -0.141. The minimum absolute atomic E-state index is 0.123.